The molecule has 0 bridgehead atoms. The van der Waals surface area contributed by atoms with Gasteiger partial charge in [-0.2, -0.15) is 0 Å². The van der Waals surface area contributed by atoms with Crippen molar-refractivity contribution in [3.05, 3.63) is 71.2 Å². The molecule has 1 aliphatic heterocycles. The van der Waals surface area contributed by atoms with Gasteiger partial charge < -0.3 is 9.47 Å². The van der Waals surface area contributed by atoms with Crippen molar-refractivity contribution in [3.63, 3.8) is 0 Å². The molecule has 25 heavy (non-hydrogen) atoms. The van der Waals surface area contributed by atoms with E-state index in [1.54, 1.807) is 0 Å². The van der Waals surface area contributed by atoms with Crippen LogP contribution in [0.3, 0.4) is 0 Å². The van der Waals surface area contributed by atoms with Gasteiger partial charge in [-0.3, -0.25) is 0 Å². The molecule has 0 saturated heterocycles. The zero-order chi connectivity index (χ0) is 18.0. The summed E-state index contributed by atoms with van der Waals surface area (Å²) in [4.78, 5) is 15.7. The van der Waals surface area contributed by atoms with E-state index in [9.17, 15) is 22.4 Å². The van der Waals surface area contributed by atoms with Gasteiger partial charge in [-0.05, 0) is 24.3 Å². The molecule has 0 atom stereocenters. The van der Waals surface area contributed by atoms with E-state index in [-0.39, 0.29) is 22.7 Å². The Labute approximate surface area is 139 Å². The summed E-state index contributed by atoms with van der Waals surface area (Å²) in [5.74, 6) is -2.30. The van der Waals surface area contributed by atoms with Gasteiger partial charge in [-0.1, -0.05) is 30.3 Å². The van der Waals surface area contributed by atoms with Gasteiger partial charge in [0.05, 0.1) is 5.56 Å². The molecule has 8 heteroatoms. The topological polar surface area (TPSA) is 47.9 Å². The first kappa shape index (κ1) is 16.7. The standard InChI is InChI=1S/C17H9F4NO3/c18-12-7-3-2-6-11(12)15-22-13(16(23)24-15)9-10-5-1-4-8-14(10)25-17(19,20)21/h1-9H/b13-9-. The van der Waals surface area contributed by atoms with Crippen LogP contribution in [0.25, 0.3) is 6.08 Å². The molecular formula is C17H9F4NO3. The largest absolute Gasteiger partial charge is 0.573 e. The highest BCUT2D eigenvalue weighted by atomic mass is 19.4. The lowest BCUT2D eigenvalue weighted by Gasteiger charge is -2.10. The Kier molecular flexibility index (Phi) is 4.26. The maximum atomic E-state index is 13.7. The van der Waals surface area contributed by atoms with Crippen LogP contribution < -0.4 is 4.74 Å². The number of hydrogen-bond donors (Lipinski definition) is 0. The van der Waals surface area contributed by atoms with E-state index in [4.69, 9.17) is 4.74 Å². The molecule has 1 aliphatic rings. The Balaban J connectivity index is 1.97. The van der Waals surface area contributed by atoms with E-state index in [0.717, 1.165) is 12.1 Å². The molecule has 0 unspecified atom stereocenters. The Morgan fingerprint density at radius 2 is 1.72 bits per heavy atom. The SMILES string of the molecule is O=C1OC(c2ccccc2F)=N/C1=C\c1ccccc1OC(F)(F)F. The average molecular weight is 351 g/mol. The lowest BCUT2D eigenvalue weighted by atomic mass is 10.1. The van der Waals surface area contributed by atoms with Crippen molar-refractivity contribution in [2.24, 2.45) is 4.99 Å². The maximum Gasteiger partial charge on any atom is 0.573 e. The third kappa shape index (κ3) is 3.85. The van der Waals surface area contributed by atoms with Crippen LogP contribution in [0.2, 0.25) is 0 Å². The number of aliphatic imine (C=N–C) groups is 1. The van der Waals surface area contributed by atoms with Gasteiger partial charge in [0.25, 0.3) is 0 Å². The summed E-state index contributed by atoms with van der Waals surface area (Å²) in [6.07, 6.45) is -3.80. The second kappa shape index (κ2) is 6.39. The Morgan fingerprint density at radius 1 is 1.04 bits per heavy atom. The number of carbonyl (C=O) groups excluding carboxylic acids is 1. The van der Waals surface area contributed by atoms with Crippen LogP contribution >= 0.6 is 0 Å². The number of cyclic esters (lactones) is 1. The number of alkyl halides is 3. The number of carbonyl (C=O) groups is 1. The fraction of sp³-hybridized carbons (Fsp3) is 0.0588. The summed E-state index contributed by atoms with van der Waals surface area (Å²) >= 11 is 0. The summed E-state index contributed by atoms with van der Waals surface area (Å²) < 4.78 is 59.8. The van der Waals surface area contributed by atoms with Crippen LogP contribution in [-0.4, -0.2) is 18.2 Å². The zero-order valence-electron chi connectivity index (χ0n) is 12.4. The molecule has 1 heterocycles. The number of hydrogen-bond acceptors (Lipinski definition) is 4. The minimum absolute atomic E-state index is 0.0229. The third-order valence-electron chi connectivity index (χ3n) is 3.16. The average Bonchev–Trinajstić information content (AvgIpc) is 2.89. The van der Waals surface area contributed by atoms with E-state index in [0.29, 0.717) is 0 Å². The Morgan fingerprint density at radius 3 is 2.44 bits per heavy atom. The van der Waals surface area contributed by atoms with Crippen LogP contribution in [0.4, 0.5) is 17.6 Å². The molecule has 0 radical (unpaired) electrons. The second-order valence-electron chi connectivity index (χ2n) is 4.90. The van der Waals surface area contributed by atoms with Crippen LogP contribution in [0, 0.1) is 5.82 Å². The third-order valence-corrected chi connectivity index (χ3v) is 3.16. The van der Waals surface area contributed by atoms with Gasteiger partial charge >= 0.3 is 12.3 Å². The van der Waals surface area contributed by atoms with Crippen LogP contribution in [0.5, 0.6) is 5.75 Å². The highest BCUT2D eigenvalue weighted by Crippen LogP contribution is 2.29. The number of para-hydroxylation sites is 1. The van der Waals surface area contributed by atoms with Gasteiger partial charge in [0.2, 0.25) is 5.90 Å². The van der Waals surface area contributed by atoms with E-state index in [1.807, 2.05) is 0 Å². The first-order valence-electron chi connectivity index (χ1n) is 6.96. The molecule has 2 aromatic rings. The van der Waals surface area contributed by atoms with Gasteiger partial charge in [-0.25, -0.2) is 14.2 Å². The van der Waals surface area contributed by atoms with Crippen molar-refractivity contribution < 1.29 is 31.8 Å². The van der Waals surface area contributed by atoms with E-state index in [2.05, 4.69) is 9.73 Å². The summed E-state index contributed by atoms with van der Waals surface area (Å²) in [5, 5.41) is 0. The molecule has 0 aromatic heterocycles. The number of rotatable bonds is 3. The first-order valence-corrected chi connectivity index (χ1v) is 6.96. The fourth-order valence-electron chi connectivity index (χ4n) is 2.12. The quantitative estimate of drug-likeness (QED) is 0.476. The Bertz CT molecular complexity index is 887. The predicted octanol–water partition coefficient (Wildman–Crippen LogP) is 4.07. The smallest absolute Gasteiger partial charge is 0.405 e. The monoisotopic (exact) mass is 351 g/mol. The highest BCUT2D eigenvalue weighted by molar-refractivity contribution is 6.13. The number of esters is 1. The number of halogens is 4. The van der Waals surface area contributed by atoms with Gasteiger partial charge in [-0.15, -0.1) is 13.2 Å². The zero-order valence-corrected chi connectivity index (χ0v) is 12.4. The number of benzene rings is 2. The van der Waals surface area contributed by atoms with Crippen LogP contribution in [-0.2, 0) is 9.53 Å². The van der Waals surface area contributed by atoms with Crippen molar-refractivity contribution in [1.29, 1.82) is 0 Å². The summed E-state index contributed by atoms with van der Waals surface area (Å²) in [6, 6.07) is 10.8. The molecule has 2 aromatic carbocycles. The molecule has 3 rings (SSSR count). The molecular weight excluding hydrogens is 342 g/mol. The van der Waals surface area contributed by atoms with E-state index in [1.165, 1.54) is 42.5 Å². The van der Waals surface area contributed by atoms with Crippen molar-refractivity contribution in [2.45, 2.75) is 6.36 Å². The van der Waals surface area contributed by atoms with Crippen molar-refractivity contribution in [1.82, 2.24) is 0 Å². The van der Waals surface area contributed by atoms with Crippen LogP contribution in [0.1, 0.15) is 11.1 Å². The number of nitrogens with zero attached hydrogens (tertiary/aromatic N) is 1. The van der Waals surface area contributed by atoms with Gasteiger partial charge in [0.15, 0.2) is 5.70 Å². The lowest BCUT2D eigenvalue weighted by Crippen LogP contribution is -2.17. The molecule has 0 fully saturated rings. The summed E-state index contributed by atoms with van der Waals surface area (Å²) in [6.45, 7) is 0. The molecule has 4 nitrogen and oxygen atoms in total. The highest BCUT2D eigenvalue weighted by Gasteiger charge is 2.32. The summed E-state index contributed by atoms with van der Waals surface area (Å²) in [5.41, 5.74) is -0.319. The second-order valence-corrected chi connectivity index (χ2v) is 4.90. The molecule has 0 N–H and O–H groups in total. The molecule has 0 amide bonds. The lowest BCUT2D eigenvalue weighted by molar-refractivity contribution is -0.274. The first-order chi connectivity index (χ1) is 11.8. The van der Waals surface area contributed by atoms with Crippen molar-refractivity contribution in [3.8, 4) is 5.75 Å². The normalized spacial score (nSPS) is 15.9. The minimum atomic E-state index is -4.88. The Hall–Kier alpha value is -3.16. The summed E-state index contributed by atoms with van der Waals surface area (Å²) in [7, 11) is 0. The minimum Gasteiger partial charge on any atom is -0.405 e. The fourth-order valence-corrected chi connectivity index (χ4v) is 2.12. The molecule has 0 aliphatic carbocycles. The van der Waals surface area contributed by atoms with E-state index < -0.39 is 23.9 Å². The predicted molar refractivity (Wildman–Crippen MR) is 80.1 cm³/mol. The maximum absolute atomic E-state index is 13.7. The molecule has 128 valence electrons. The van der Waals surface area contributed by atoms with Crippen molar-refractivity contribution in [2.75, 3.05) is 0 Å². The van der Waals surface area contributed by atoms with E-state index >= 15 is 0 Å². The molecule has 0 spiro atoms. The van der Waals surface area contributed by atoms with Gasteiger partial charge in [0, 0.05) is 5.56 Å². The number of ether oxygens (including phenoxy) is 2. The van der Waals surface area contributed by atoms with Gasteiger partial charge in [0.1, 0.15) is 11.6 Å². The van der Waals surface area contributed by atoms with Crippen LogP contribution in [0.15, 0.2) is 59.2 Å². The molecule has 0 saturated carbocycles. The van der Waals surface area contributed by atoms with Crippen molar-refractivity contribution >= 4 is 17.9 Å².